The molecule has 18 heavy (non-hydrogen) atoms. The van der Waals surface area contributed by atoms with Crippen molar-refractivity contribution < 1.29 is 9.21 Å². The highest BCUT2D eigenvalue weighted by Crippen LogP contribution is 2.29. The van der Waals surface area contributed by atoms with Crippen LogP contribution in [0.25, 0.3) is 11.1 Å². The molecular weight excluding hydrogens is 228 g/mol. The number of benzene rings is 1. The van der Waals surface area contributed by atoms with Gasteiger partial charge in [0.1, 0.15) is 5.52 Å². The lowest BCUT2D eigenvalue weighted by Crippen LogP contribution is -2.26. The fourth-order valence-corrected chi connectivity index (χ4v) is 2.36. The van der Waals surface area contributed by atoms with Crippen molar-refractivity contribution in [1.82, 2.24) is 9.88 Å². The number of rotatable bonds is 2. The Labute approximate surface area is 105 Å². The van der Waals surface area contributed by atoms with E-state index in [4.69, 9.17) is 4.42 Å². The number of nitrogens with zero attached hydrogens (tertiary/aromatic N) is 2. The van der Waals surface area contributed by atoms with E-state index < -0.39 is 0 Å². The first kappa shape index (κ1) is 11.0. The second kappa shape index (κ2) is 4.29. The van der Waals surface area contributed by atoms with Gasteiger partial charge >= 0.3 is 0 Å². The van der Waals surface area contributed by atoms with Gasteiger partial charge in [0.05, 0.1) is 5.92 Å². The molecule has 1 atom stereocenters. The normalized spacial score (nSPS) is 19.3. The van der Waals surface area contributed by atoms with Gasteiger partial charge in [-0.15, -0.1) is 0 Å². The van der Waals surface area contributed by atoms with Crippen molar-refractivity contribution in [1.29, 1.82) is 0 Å². The molecule has 2 heterocycles. The van der Waals surface area contributed by atoms with Gasteiger partial charge < -0.3 is 9.32 Å². The van der Waals surface area contributed by atoms with E-state index in [0.29, 0.717) is 6.54 Å². The Kier molecular flexibility index (Phi) is 2.63. The van der Waals surface area contributed by atoms with Crippen molar-refractivity contribution in [2.24, 2.45) is 0 Å². The molecule has 1 unspecified atom stereocenters. The third-order valence-electron chi connectivity index (χ3n) is 3.33. The van der Waals surface area contributed by atoms with Gasteiger partial charge in [-0.25, -0.2) is 4.98 Å². The number of para-hydroxylation sites is 2. The van der Waals surface area contributed by atoms with Crippen LogP contribution in [0.1, 0.15) is 18.2 Å². The molecule has 0 bridgehead atoms. The summed E-state index contributed by atoms with van der Waals surface area (Å²) in [5, 5.41) is 0. The average molecular weight is 242 g/mol. The van der Waals surface area contributed by atoms with Crippen LogP contribution in [0.3, 0.4) is 0 Å². The molecule has 0 saturated carbocycles. The molecular formula is C14H14N2O2. The smallest absolute Gasteiger partial charge is 0.245 e. The number of oxazole rings is 1. The summed E-state index contributed by atoms with van der Waals surface area (Å²) in [5.74, 6) is 0.908. The number of carbonyl (C=O) groups is 1. The van der Waals surface area contributed by atoms with E-state index in [9.17, 15) is 4.79 Å². The highest BCUT2D eigenvalue weighted by Gasteiger charge is 2.29. The Balaban J connectivity index is 1.84. The minimum absolute atomic E-state index is 0.0198. The van der Waals surface area contributed by atoms with E-state index in [1.165, 1.54) is 6.08 Å². The molecule has 92 valence electrons. The Bertz CT molecular complexity index is 570. The van der Waals surface area contributed by atoms with E-state index in [2.05, 4.69) is 11.6 Å². The van der Waals surface area contributed by atoms with Crippen LogP contribution in [0.2, 0.25) is 0 Å². The van der Waals surface area contributed by atoms with Crippen LogP contribution in [0.5, 0.6) is 0 Å². The van der Waals surface area contributed by atoms with Gasteiger partial charge in [-0.05, 0) is 24.6 Å². The monoisotopic (exact) mass is 242 g/mol. The SMILES string of the molecule is C=CC(=O)N1CCC(c2nc3ccccc3o2)C1. The lowest BCUT2D eigenvalue weighted by Gasteiger charge is -2.12. The summed E-state index contributed by atoms with van der Waals surface area (Å²) >= 11 is 0. The van der Waals surface area contributed by atoms with E-state index in [1.807, 2.05) is 24.3 Å². The zero-order chi connectivity index (χ0) is 12.5. The predicted molar refractivity (Wildman–Crippen MR) is 68.1 cm³/mol. The molecule has 1 fully saturated rings. The first-order chi connectivity index (χ1) is 8.78. The van der Waals surface area contributed by atoms with Gasteiger partial charge in [0.15, 0.2) is 11.5 Å². The molecule has 0 aliphatic carbocycles. The summed E-state index contributed by atoms with van der Waals surface area (Å²) in [6, 6.07) is 7.72. The zero-order valence-corrected chi connectivity index (χ0v) is 10.0. The van der Waals surface area contributed by atoms with Crippen LogP contribution >= 0.6 is 0 Å². The summed E-state index contributed by atoms with van der Waals surface area (Å²) in [7, 11) is 0. The third kappa shape index (κ3) is 1.79. The highest BCUT2D eigenvalue weighted by molar-refractivity contribution is 5.87. The van der Waals surface area contributed by atoms with Gasteiger partial charge in [-0.1, -0.05) is 18.7 Å². The summed E-state index contributed by atoms with van der Waals surface area (Å²) in [4.78, 5) is 17.8. The van der Waals surface area contributed by atoms with Gasteiger partial charge in [-0.2, -0.15) is 0 Å². The van der Waals surface area contributed by atoms with Crippen LogP contribution in [0, 0.1) is 0 Å². The van der Waals surface area contributed by atoms with E-state index in [0.717, 1.165) is 30.0 Å². The minimum atomic E-state index is -0.0198. The molecule has 4 heteroatoms. The number of carbonyl (C=O) groups excluding carboxylic acids is 1. The first-order valence-electron chi connectivity index (χ1n) is 6.05. The van der Waals surface area contributed by atoms with Crippen LogP contribution in [-0.2, 0) is 4.79 Å². The van der Waals surface area contributed by atoms with E-state index in [-0.39, 0.29) is 11.8 Å². The van der Waals surface area contributed by atoms with Gasteiger partial charge in [-0.3, -0.25) is 4.79 Å². The van der Waals surface area contributed by atoms with Crippen molar-refractivity contribution in [3.8, 4) is 0 Å². The Morgan fingerprint density at radius 3 is 3.11 bits per heavy atom. The quantitative estimate of drug-likeness (QED) is 0.759. The van der Waals surface area contributed by atoms with E-state index >= 15 is 0 Å². The molecule has 3 rings (SSSR count). The summed E-state index contributed by atoms with van der Waals surface area (Å²) in [5.41, 5.74) is 1.68. The second-order valence-electron chi connectivity index (χ2n) is 4.49. The van der Waals surface area contributed by atoms with Crippen LogP contribution in [0.4, 0.5) is 0 Å². The average Bonchev–Trinajstić information content (AvgIpc) is 3.03. The van der Waals surface area contributed by atoms with Crippen molar-refractivity contribution in [2.45, 2.75) is 12.3 Å². The molecule has 2 aromatic rings. The molecule has 4 nitrogen and oxygen atoms in total. The Hall–Kier alpha value is -2.10. The number of aromatic nitrogens is 1. The van der Waals surface area contributed by atoms with Gasteiger partial charge in [0, 0.05) is 13.1 Å². The summed E-state index contributed by atoms with van der Waals surface area (Å²) in [6.07, 6.45) is 2.25. The zero-order valence-electron chi connectivity index (χ0n) is 10.0. The molecule has 0 radical (unpaired) electrons. The van der Waals surface area contributed by atoms with Crippen LogP contribution < -0.4 is 0 Å². The minimum Gasteiger partial charge on any atom is -0.440 e. The number of hydrogen-bond acceptors (Lipinski definition) is 3. The fourth-order valence-electron chi connectivity index (χ4n) is 2.36. The van der Waals surface area contributed by atoms with Crippen LogP contribution in [0.15, 0.2) is 41.3 Å². The van der Waals surface area contributed by atoms with Gasteiger partial charge in [0.25, 0.3) is 0 Å². The maximum atomic E-state index is 11.5. The maximum Gasteiger partial charge on any atom is 0.245 e. The Morgan fingerprint density at radius 1 is 1.50 bits per heavy atom. The number of hydrogen-bond donors (Lipinski definition) is 0. The Morgan fingerprint density at radius 2 is 2.33 bits per heavy atom. The topological polar surface area (TPSA) is 46.3 Å². The number of amides is 1. The standard InChI is InChI=1S/C14H14N2O2/c1-2-13(17)16-8-7-10(9-16)14-15-11-5-3-4-6-12(11)18-14/h2-6,10H,1,7-9H2. The van der Waals surface area contributed by atoms with Crippen LogP contribution in [-0.4, -0.2) is 28.9 Å². The molecule has 1 aromatic carbocycles. The third-order valence-corrected chi connectivity index (χ3v) is 3.33. The van der Waals surface area contributed by atoms with Crippen molar-refractivity contribution >= 4 is 17.0 Å². The second-order valence-corrected chi connectivity index (χ2v) is 4.49. The number of fused-ring (bicyclic) bond motifs is 1. The molecule has 1 aliphatic rings. The summed E-state index contributed by atoms with van der Waals surface area (Å²) in [6.45, 7) is 4.92. The summed E-state index contributed by atoms with van der Waals surface area (Å²) < 4.78 is 5.74. The first-order valence-corrected chi connectivity index (χ1v) is 6.05. The van der Waals surface area contributed by atoms with Gasteiger partial charge in [0.2, 0.25) is 5.91 Å². The highest BCUT2D eigenvalue weighted by atomic mass is 16.3. The van der Waals surface area contributed by atoms with E-state index in [1.54, 1.807) is 4.90 Å². The molecule has 1 amide bonds. The molecule has 0 N–H and O–H groups in total. The lowest BCUT2D eigenvalue weighted by atomic mass is 10.1. The maximum absolute atomic E-state index is 11.5. The lowest BCUT2D eigenvalue weighted by molar-refractivity contribution is -0.125. The predicted octanol–water partition coefficient (Wildman–Crippen LogP) is 2.33. The van der Waals surface area contributed by atoms with Crippen molar-refractivity contribution in [3.63, 3.8) is 0 Å². The molecule has 1 aromatic heterocycles. The molecule has 1 saturated heterocycles. The van der Waals surface area contributed by atoms with Crippen molar-refractivity contribution in [3.05, 3.63) is 42.8 Å². The molecule has 1 aliphatic heterocycles. The largest absolute Gasteiger partial charge is 0.440 e. The number of likely N-dealkylation sites (tertiary alicyclic amines) is 1. The fraction of sp³-hybridized carbons (Fsp3) is 0.286. The van der Waals surface area contributed by atoms with Crippen molar-refractivity contribution in [2.75, 3.05) is 13.1 Å². The molecule has 0 spiro atoms.